The van der Waals surface area contributed by atoms with Crippen LogP contribution in [0.1, 0.15) is 47.2 Å². The number of benzene rings is 10. The van der Waals surface area contributed by atoms with Crippen molar-refractivity contribution in [3.63, 3.8) is 0 Å². The molecule has 0 radical (unpaired) electrons. The van der Waals surface area contributed by atoms with Gasteiger partial charge in [0.25, 0.3) is 0 Å². The average molecular weight is 860 g/mol. The van der Waals surface area contributed by atoms with Gasteiger partial charge in [0, 0.05) is 42.5 Å². The molecule has 1 nitrogen and oxygen atoms in total. The predicted octanol–water partition coefficient (Wildman–Crippen LogP) is 17.5. The van der Waals surface area contributed by atoms with Crippen molar-refractivity contribution in [2.24, 2.45) is 0 Å². The number of hydrogen-bond acceptors (Lipinski definition) is 2. The number of nitrogens with zero attached hydrogens (tertiary/aromatic N) is 1. The van der Waals surface area contributed by atoms with Gasteiger partial charge in [-0.1, -0.05) is 214 Å². The second kappa shape index (κ2) is 14.9. The maximum absolute atomic E-state index is 2.52. The first-order chi connectivity index (χ1) is 32.5. The zero-order chi connectivity index (χ0) is 44.0. The van der Waals surface area contributed by atoms with Gasteiger partial charge < -0.3 is 4.90 Å². The molecule has 0 atom stereocenters. The molecule has 0 unspecified atom stereocenters. The normalized spacial score (nSPS) is 13.8. The van der Waals surface area contributed by atoms with Crippen LogP contribution in [0.25, 0.3) is 64.7 Å². The molecule has 0 N–H and O–H groups in total. The van der Waals surface area contributed by atoms with Crippen LogP contribution in [0.15, 0.2) is 237 Å². The summed E-state index contributed by atoms with van der Waals surface area (Å²) in [6.07, 6.45) is 0. The molecule has 66 heavy (non-hydrogen) atoms. The molecular weight excluding hydrogens is 815 g/mol. The predicted molar refractivity (Wildman–Crippen MR) is 280 cm³/mol. The number of para-hydroxylation sites is 1. The summed E-state index contributed by atoms with van der Waals surface area (Å²) in [5.74, 6) is 0. The van der Waals surface area contributed by atoms with Gasteiger partial charge in [-0.2, -0.15) is 0 Å². The number of hydrogen-bond donors (Lipinski definition) is 0. The van der Waals surface area contributed by atoms with Crippen LogP contribution in [-0.4, -0.2) is 0 Å². The smallest absolute Gasteiger partial charge is 0.0713 e. The summed E-state index contributed by atoms with van der Waals surface area (Å²) in [6.45, 7) is 4.74. The topological polar surface area (TPSA) is 3.24 Å². The second-order valence-corrected chi connectivity index (χ2v) is 19.4. The quantitative estimate of drug-likeness (QED) is 0.154. The van der Waals surface area contributed by atoms with Crippen LogP contribution in [0.2, 0.25) is 0 Å². The van der Waals surface area contributed by atoms with Crippen LogP contribution in [0.4, 0.5) is 17.1 Å². The van der Waals surface area contributed by atoms with Gasteiger partial charge in [0.1, 0.15) is 0 Å². The van der Waals surface area contributed by atoms with Crippen LogP contribution in [0, 0.1) is 0 Å². The highest BCUT2D eigenvalue weighted by molar-refractivity contribution is 7.26. The van der Waals surface area contributed by atoms with E-state index in [1.54, 1.807) is 0 Å². The molecule has 10 aromatic carbocycles. The van der Waals surface area contributed by atoms with Crippen LogP contribution in [-0.2, 0) is 10.8 Å². The maximum atomic E-state index is 2.52. The summed E-state index contributed by atoms with van der Waals surface area (Å²) in [5.41, 5.74) is 20.7. The Labute approximate surface area is 390 Å². The third-order valence-corrected chi connectivity index (χ3v) is 15.8. The fourth-order valence-corrected chi connectivity index (χ4v) is 12.9. The fourth-order valence-electron chi connectivity index (χ4n) is 11.7. The van der Waals surface area contributed by atoms with E-state index in [-0.39, 0.29) is 5.41 Å². The summed E-state index contributed by atoms with van der Waals surface area (Å²) < 4.78 is 2.63. The van der Waals surface area contributed by atoms with Crippen LogP contribution < -0.4 is 4.90 Å². The van der Waals surface area contributed by atoms with Gasteiger partial charge in [0.15, 0.2) is 0 Å². The standard InChI is InChI=1S/C64H45NS/c1-63(2)55-33-13-10-29-53(55)61-51(31-19-35-58(61)63)49-27-11-15-36-59(49)65(45-25-17-20-42(40-45)47-30-18-32-52-50-28-12-16-37-60(50)66-62(47)52)46-38-39-57-54(41-46)48-26-9-14-34-56(48)64(57,43-21-5-3-6-22-43)44-23-7-4-8-24-44/h3-41H,1-2H3. The lowest BCUT2D eigenvalue weighted by molar-refractivity contribution is 0.660. The van der Waals surface area contributed by atoms with Gasteiger partial charge in [0.05, 0.1) is 11.1 Å². The molecule has 0 saturated heterocycles. The largest absolute Gasteiger partial charge is 0.310 e. The molecule has 1 aromatic heterocycles. The lowest BCUT2D eigenvalue weighted by Crippen LogP contribution is -2.28. The molecule has 11 aromatic rings. The van der Waals surface area contributed by atoms with Gasteiger partial charge in [-0.25, -0.2) is 0 Å². The lowest BCUT2D eigenvalue weighted by atomic mass is 9.68. The molecular formula is C64H45NS. The summed E-state index contributed by atoms with van der Waals surface area (Å²) >= 11 is 1.88. The van der Waals surface area contributed by atoms with E-state index in [4.69, 9.17) is 0 Å². The first-order valence-corrected chi connectivity index (χ1v) is 23.8. The summed E-state index contributed by atoms with van der Waals surface area (Å²) in [6, 6.07) is 88.3. The molecule has 312 valence electrons. The van der Waals surface area contributed by atoms with Crippen molar-refractivity contribution < 1.29 is 0 Å². The van der Waals surface area contributed by atoms with Crippen LogP contribution in [0.5, 0.6) is 0 Å². The first kappa shape index (κ1) is 38.7. The Hall–Kier alpha value is -7.78. The van der Waals surface area contributed by atoms with E-state index in [2.05, 4.69) is 255 Å². The van der Waals surface area contributed by atoms with E-state index in [0.29, 0.717) is 0 Å². The van der Waals surface area contributed by atoms with Crippen molar-refractivity contribution in [2.45, 2.75) is 24.7 Å². The van der Waals surface area contributed by atoms with E-state index in [1.165, 1.54) is 98.1 Å². The van der Waals surface area contributed by atoms with Gasteiger partial charge in [0.2, 0.25) is 0 Å². The number of anilines is 3. The van der Waals surface area contributed by atoms with Gasteiger partial charge in [-0.3, -0.25) is 0 Å². The Morgan fingerprint density at radius 2 is 0.924 bits per heavy atom. The molecule has 2 aliphatic rings. The molecule has 0 spiro atoms. The highest BCUT2D eigenvalue weighted by Gasteiger charge is 2.46. The average Bonchev–Trinajstić information content (AvgIpc) is 3.99. The van der Waals surface area contributed by atoms with Crippen molar-refractivity contribution in [3.05, 3.63) is 270 Å². The molecule has 2 heteroatoms. The van der Waals surface area contributed by atoms with Gasteiger partial charge in [-0.15, -0.1) is 11.3 Å². The molecule has 0 fully saturated rings. The third kappa shape index (κ3) is 5.58. The Kier molecular flexibility index (Phi) is 8.72. The summed E-state index contributed by atoms with van der Waals surface area (Å²) in [4.78, 5) is 2.52. The van der Waals surface area contributed by atoms with E-state index in [9.17, 15) is 0 Å². The maximum Gasteiger partial charge on any atom is 0.0713 e. The number of rotatable bonds is 7. The molecule has 0 saturated carbocycles. The zero-order valence-corrected chi connectivity index (χ0v) is 37.7. The molecule has 0 aliphatic heterocycles. The van der Waals surface area contributed by atoms with Crippen molar-refractivity contribution in [3.8, 4) is 44.5 Å². The first-order valence-electron chi connectivity index (χ1n) is 23.0. The Bertz CT molecular complexity index is 3650. The van der Waals surface area contributed by atoms with E-state index in [0.717, 1.165) is 17.1 Å². The minimum absolute atomic E-state index is 0.115. The van der Waals surface area contributed by atoms with Crippen LogP contribution >= 0.6 is 11.3 Å². The Balaban J connectivity index is 1.07. The Morgan fingerprint density at radius 1 is 0.364 bits per heavy atom. The highest BCUT2D eigenvalue weighted by Crippen LogP contribution is 2.58. The molecule has 0 bridgehead atoms. The second-order valence-electron chi connectivity index (χ2n) is 18.3. The van der Waals surface area contributed by atoms with E-state index < -0.39 is 5.41 Å². The molecule has 0 amide bonds. The van der Waals surface area contributed by atoms with E-state index >= 15 is 0 Å². The number of fused-ring (bicyclic) bond motifs is 9. The third-order valence-electron chi connectivity index (χ3n) is 14.6. The zero-order valence-electron chi connectivity index (χ0n) is 36.9. The fraction of sp³-hybridized carbons (Fsp3) is 0.0625. The number of thiophene rings is 1. The summed E-state index contributed by atoms with van der Waals surface area (Å²) in [5, 5.41) is 2.62. The minimum Gasteiger partial charge on any atom is -0.310 e. The Morgan fingerprint density at radius 3 is 1.73 bits per heavy atom. The van der Waals surface area contributed by atoms with Crippen molar-refractivity contribution in [2.75, 3.05) is 4.90 Å². The molecule has 1 heterocycles. The lowest BCUT2D eigenvalue weighted by Gasteiger charge is -2.34. The summed E-state index contributed by atoms with van der Waals surface area (Å²) in [7, 11) is 0. The van der Waals surface area contributed by atoms with Crippen LogP contribution in [0.3, 0.4) is 0 Å². The minimum atomic E-state index is -0.483. The van der Waals surface area contributed by atoms with Crippen molar-refractivity contribution >= 4 is 48.6 Å². The van der Waals surface area contributed by atoms with Gasteiger partial charge in [-0.05, 0) is 109 Å². The van der Waals surface area contributed by atoms with Gasteiger partial charge >= 0.3 is 0 Å². The SMILES string of the molecule is CC1(C)c2ccccc2-c2c(-c3ccccc3N(c3cccc(-c4cccc5c4sc4ccccc45)c3)c3ccc4c(c3)-c3ccccc3C4(c3ccccc3)c3ccccc3)cccc21. The van der Waals surface area contributed by atoms with Crippen molar-refractivity contribution in [1.29, 1.82) is 0 Å². The molecule has 2 aliphatic carbocycles. The highest BCUT2D eigenvalue weighted by atomic mass is 32.1. The monoisotopic (exact) mass is 859 g/mol. The van der Waals surface area contributed by atoms with Crippen molar-refractivity contribution in [1.82, 2.24) is 0 Å². The van der Waals surface area contributed by atoms with E-state index in [1.807, 2.05) is 11.3 Å². The molecule has 13 rings (SSSR count).